The van der Waals surface area contributed by atoms with Crippen molar-refractivity contribution in [2.75, 3.05) is 13.1 Å². The Hall–Kier alpha value is -2.60. The molecule has 1 N–H and O–H groups in total. The lowest BCUT2D eigenvalue weighted by Gasteiger charge is -2.20. The van der Waals surface area contributed by atoms with Gasteiger partial charge in [-0.3, -0.25) is 14.5 Å². The first-order chi connectivity index (χ1) is 11.6. The van der Waals surface area contributed by atoms with Crippen LogP contribution in [-0.4, -0.2) is 34.8 Å². The summed E-state index contributed by atoms with van der Waals surface area (Å²) in [5.41, 5.74) is 1.70. The van der Waals surface area contributed by atoms with Crippen LogP contribution < -0.4 is 5.32 Å². The fourth-order valence-electron chi connectivity index (χ4n) is 2.92. The smallest absolute Gasteiger partial charge is 0.261 e. The fraction of sp³-hybridized carbons (Fsp3) is 0.278. The van der Waals surface area contributed by atoms with Crippen LogP contribution in [0.25, 0.3) is 0 Å². The van der Waals surface area contributed by atoms with Crippen LogP contribution in [0.15, 0.2) is 42.6 Å². The molecule has 1 unspecified atom stereocenters. The van der Waals surface area contributed by atoms with Crippen LogP contribution >= 0.6 is 0 Å². The number of aromatic nitrogens is 1. The predicted octanol–water partition coefficient (Wildman–Crippen LogP) is 2.56. The lowest BCUT2D eigenvalue weighted by molar-refractivity contribution is 0.0654. The third-order valence-electron chi connectivity index (χ3n) is 4.17. The number of fused-ring (bicyclic) bond motifs is 1. The fourth-order valence-corrected chi connectivity index (χ4v) is 2.92. The van der Waals surface area contributed by atoms with Crippen LogP contribution in [0.4, 0.5) is 4.39 Å². The third kappa shape index (κ3) is 3.05. The van der Waals surface area contributed by atoms with Gasteiger partial charge in [-0.05, 0) is 36.2 Å². The summed E-state index contributed by atoms with van der Waals surface area (Å²) in [5, 5.41) is 3.27. The van der Waals surface area contributed by atoms with Crippen molar-refractivity contribution >= 4 is 11.8 Å². The Bertz CT molecular complexity index is 743. The first-order valence-corrected chi connectivity index (χ1v) is 7.92. The van der Waals surface area contributed by atoms with Gasteiger partial charge in [0.15, 0.2) is 0 Å². The molecule has 124 valence electrons. The van der Waals surface area contributed by atoms with Gasteiger partial charge in [0, 0.05) is 25.3 Å². The summed E-state index contributed by atoms with van der Waals surface area (Å²) in [6.45, 7) is 2.70. The zero-order valence-electron chi connectivity index (χ0n) is 13.3. The van der Waals surface area contributed by atoms with E-state index in [1.165, 1.54) is 17.2 Å². The maximum absolute atomic E-state index is 13.2. The molecule has 1 atom stereocenters. The van der Waals surface area contributed by atoms with Gasteiger partial charge in [-0.1, -0.05) is 19.1 Å². The molecule has 0 aliphatic carbocycles. The monoisotopic (exact) mass is 327 g/mol. The number of carbonyl (C=O) groups is 2. The molecule has 0 spiro atoms. The number of halogens is 1. The normalized spacial score (nSPS) is 14.8. The van der Waals surface area contributed by atoms with E-state index in [0.29, 0.717) is 17.7 Å². The summed E-state index contributed by atoms with van der Waals surface area (Å²) in [6, 6.07) is 9.91. The van der Waals surface area contributed by atoms with E-state index in [2.05, 4.69) is 10.3 Å². The van der Waals surface area contributed by atoms with Crippen LogP contribution in [0.3, 0.4) is 0 Å². The summed E-state index contributed by atoms with van der Waals surface area (Å²) in [4.78, 5) is 29.4. The first-order valence-electron chi connectivity index (χ1n) is 7.92. The molecule has 1 aliphatic heterocycles. The Morgan fingerprint density at radius 1 is 1.17 bits per heavy atom. The average molecular weight is 327 g/mol. The number of carbonyl (C=O) groups excluding carboxylic acids is 2. The lowest BCUT2D eigenvalue weighted by Crippen LogP contribution is -2.37. The number of rotatable bonds is 6. The van der Waals surface area contributed by atoms with Crippen LogP contribution in [0, 0.1) is 5.95 Å². The van der Waals surface area contributed by atoms with Crippen molar-refractivity contribution in [3.05, 3.63) is 65.2 Å². The van der Waals surface area contributed by atoms with Crippen LogP contribution in [-0.2, 0) is 0 Å². The zero-order valence-corrected chi connectivity index (χ0v) is 13.3. The SMILES string of the molecule is CCC(NCCN1C(=O)c2ccccc2C1=O)c1ccnc(F)c1. The van der Waals surface area contributed by atoms with Crippen molar-refractivity contribution in [3.63, 3.8) is 0 Å². The molecule has 0 radical (unpaired) electrons. The van der Waals surface area contributed by atoms with E-state index >= 15 is 0 Å². The quantitative estimate of drug-likeness (QED) is 0.654. The molecule has 6 heteroatoms. The first kappa shape index (κ1) is 16.3. The molecular formula is C18H18FN3O2. The van der Waals surface area contributed by atoms with Crippen LogP contribution in [0.2, 0.25) is 0 Å². The van der Waals surface area contributed by atoms with E-state index in [4.69, 9.17) is 0 Å². The highest BCUT2D eigenvalue weighted by molar-refractivity contribution is 6.21. The maximum Gasteiger partial charge on any atom is 0.261 e. The molecule has 1 aromatic heterocycles. The topological polar surface area (TPSA) is 62.3 Å². The Balaban J connectivity index is 1.62. The number of nitrogens with zero attached hydrogens (tertiary/aromatic N) is 2. The highest BCUT2D eigenvalue weighted by Gasteiger charge is 2.34. The molecule has 2 amide bonds. The van der Waals surface area contributed by atoms with Crippen LogP contribution in [0.5, 0.6) is 0 Å². The van der Waals surface area contributed by atoms with Gasteiger partial charge >= 0.3 is 0 Å². The van der Waals surface area contributed by atoms with Gasteiger partial charge in [-0.25, -0.2) is 4.98 Å². The average Bonchev–Trinajstić information content (AvgIpc) is 2.84. The minimum atomic E-state index is -0.520. The third-order valence-corrected chi connectivity index (χ3v) is 4.17. The van der Waals surface area contributed by atoms with Gasteiger partial charge < -0.3 is 5.32 Å². The molecule has 0 saturated heterocycles. The molecule has 1 aromatic carbocycles. The molecule has 3 rings (SSSR count). The number of nitrogens with one attached hydrogen (secondary N) is 1. The van der Waals surface area contributed by atoms with Gasteiger partial charge in [-0.15, -0.1) is 0 Å². The Kier molecular flexibility index (Phi) is 4.66. The minimum Gasteiger partial charge on any atom is -0.308 e. The second-order valence-electron chi connectivity index (χ2n) is 5.63. The molecule has 5 nitrogen and oxygen atoms in total. The summed E-state index contributed by atoms with van der Waals surface area (Å²) in [5.74, 6) is -1.05. The Labute approximate surface area is 139 Å². The Morgan fingerprint density at radius 3 is 2.42 bits per heavy atom. The van der Waals surface area contributed by atoms with Crippen LogP contribution in [0.1, 0.15) is 45.7 Å². The van der Waals surface area contributed by atoms with E-state index in [1.54, 1.807) is 30.3 Å². The number of hydrogen-bond donors (Lipinski definition) is 1. The molecule has 0 bridgehead atoms. The van der Waals surface area contributed by atoms with E-state index in [9.17, 15) is 14.0 Å². The van der Waals surface area contributed by atoms with E-state index < -0.39 is 5.95 Å². The largest absolute Gasteiger partial charge is 0.308 e. The molecule has 2 heterocycles. The van der Waals surface area contributed by atoms with E-state index in [-0.39, 0.29) is 24.4 Å². The van der Waals surface area contributed by atoms with Crippen molar-refractivity contribution in [3.8, 4) is 0 Å². The number of benzene rings is 1. The second-order valence-corrected chi connectivity index (χ2v) is 5.63. The highest BCUT2D eigenvalue weighted by atomic mass is 19.1. The van der Waals surface area contributed by atoms with Crippen molar-refractivity contribution < 1.29 is 14.0 Å². The summed E-state index contributed by atoms with van der Waals surface area (Å²) in [7, 11) is 0. The number of hydrogen-bond acceptors (Lipinski definition) is 4. The summed E-state index contributed by atoms with van der Waals surface area (Å²) in [6.07, 6.45) is 2.19. The molecular weight excluding hydrogens is 309 g/mol. The molecule has 24 heavy (non-hydrogen) atoms. The lowest BCUT2D eigenvalue weighted by atomic mass is 10.1. The number of pyridine rings is 1. The maximum atomic E-state index is 13.2. The van der Waals surface area contributed by atoms with Gasteiger partial charge in [0.2, 0.25) is 5.95 Å². The second kappa shape index (κ2) is 6.88. The van der Waals surface area contributed by atoms with Gasteiger partial charge in [-0.2, -0.15) is 4.39 Å². The summed E-state index contributed by atoms with van der Waals surface area (Å²) >= 11 is 0. The van der Waals surface area contributed by atoms with Crippen molar-refractivity contribution in [2.45, 2.75) is 19.4 Å². The predicted molar refractivity (Wildman–Crippen MR) is 87.0 cm³/mol. The molecule has 0 saturated carbocycles. The highest BCUT2D eigenvalue weighted by Crippen LogP contribution is 2.22. The Morgan fingerprint density at radius 2 is 1.83 bits per heavy atom. The van der Waals surface area contributed by atoms with E-state index in [1.807, 2.05) is 6.92 Å². The van der Waals surface area contributed by atoms with Crippen molar-refractivity contribution in [1.82, 2.24) is 15.2 Å². The van der Waals surface area contributed by atoms with Crippen molar-refractivity contribution in [1.29, 1.82) is 0 Å². The minimum absolute atomic E-state index is 0.0577. The molecule has 0 fully saturated rings. The zero-order chi connectivity index (χ0) is 17.1. The molecule has 1 aliphatic rings. The van der Waals surface area contributed by atoms with E-state index in [0.717, 1.165) is 12.0 Å². The standard InChI is InChI=1S/C18H18FN3O2/c1-2-15(12-7-8-21-16(19)11-12)20-9-10-22-17(23)13-5-3-4-6-14(13)18(22)24/h3-8,11,15,20H,2,9-10H2,1H3. The summed E-state index contributed by atoms with van der Waals surface area (Å²) < 4.78 is 13.2. The van der Waals surface area contributed by atoms with Gasteiger partial charge in [0.05, 0.1) is 11.1 Å². The molecule has 2 aromatic rings. The van der Waals surface area contributed by atoms with Crippen molar-refractivity contribution in [2.24, 2.45) is 0 Å². The van der Waals surface area contributed by atoms with Gasteiger partial charge in [0.1, 0.15) is 0 Å². The van der Waals surface area contributed by atoms with Gasteiger partial charge in [0.25, 0.3) is 11.8 Å². The number of imide groups is 1. The number of amides is 2.